The van der Waals surface area contributed by atoms with Crippen molar-refractivity contribution in [2.75, 3.05) is 39.3 Å². The number of hydrogen-bond acceptors (Lipinski definition) is 4. The van der Waals surface area contributed by atoms with Gasteiger partial charge in [0.05, 0.1) is 5.69 Å². The number of hydrogen-bond donors (Lipinski definition) is 2. The van der Waals surface area contributed by atoms with Gasteiger partial charge in [-0.2, -0.15) is 0 Å². The first-order valence-electron chi connectivity index (χ1n) is 17.0. The van der Waals surface area contributed by atoms with Crippen molar-refractivity contribution in [1.29, 1.82) is 0 Å². The zero-order chi connectivity index (χ0) is 33.8. The summed E-state index contributed by atoms with van der Waals surface area (Å²) in [7, 11) is 0. The number of carbonyl (C=O) groups is 2. The predicted molar refractivity (Wildman–Crippen MR) is 198 cm³/mol. The molecule has 1 aromatic heterocycles. The topological polar surface area (TPSA) is 93.7 Å². The van der Waals surface area contributed by atoms with Crippen LogP contribution in [0.4, 0.5) is 4.79 Å². The van der Waals surface area contributed by atoms with Crippen molar-refractivity contribution in [3.8, 4) is 11.3 Å². The molecule has 3 amide bonds. The number of urea groups is 1. The molecule has 0 bridgehead atoms. The number of aromatic amines is 1. The molecule has 13 heteroatoms. The first kappa shape index (κ1) is 35.8. The van der Waals surface area contributed by atoms with E-state index in [2.05, 4.69) is 63.9 Å². The van der Waals surface area contributed by atoms with Gasteiger partial charge in [0.2, 0.25) is 0 Å². The van der Waals surface area contributed by atoms with Crippen molar-refractivity contribution in [1.82, 2.24) is 29.6 Å². The molecule has 0 unspecified atom stereocenters. The number of likely N-dealkylation sites (tertiary alicyclic amines) is 3. The molecule has 4 heterocycles. The van der Waals surface area contributed by atoms with Crippen LogP contribution in [0.5, 0.6) is 0 Å². The number of rotatable bonds is 7. The Morgan fingerprint density at radius 2 is 1.52 bits per heavy atom. The first-order valence-corrected chi connectivity index (χ1v) is 19.9. The van der Waals surface area contributed by atoms with E-state index < -0.39 is 6.04 Å². The number of carbonyl (C=O) groups excluding carboxylic acids is 2. The summed E-state index contributed by atoms with van der Waals surface area (Å²) in [6.07, 6.45) is 10.6. The summed E-state index contributed by atoms with van der Waals surface area (Å²) in [5, 5.41) is 3.74. The van der Waals surface area contributed by atoms with Crippen LogP contribution < -0.4 is 15.4 Å². The molecule has 2 aromatic carbocycles. The Morgan fingerprint density at radius 3 is 2.17 bits per heavy atom. The monoisotopic (exact) mass is 862 g/mol. The van der Waals surface area contributed by atoms with Gasteiger partial charge in [0.15, 0.2) is 0 Å². The van der Waals surface area contributed by atoms with E-state index in [-0.39, 0.29) is 23.7 Å². The first-order chi connectivity index (χ1) is 23.2. The van der Waals surface area contributed by atoms with Crippen LogP contribution in [0.3, 0.4) is 0 Å². The van der Waals surface area contributed by atoms with Crippen LogP contribution in [0.15, 0.2) is 56.3 Å². The molecule has 2 N–H and O–H groups in total. The van der Waals surface area contributed by atoms with Gasteiger partial charge in [-0.15, -0.1) is 0 Å². The number of halogens is 3. The zero-order valence-electron chi connectivity index (χ0n) is 27.0. The van der Waals surface area contributed by atoms with Gasteiger partial charge in [-0.3, -0.25) is 4.57 Å². The third-order valence-electron chi connectivity index (χ3n) is 10.1. The molecule has 3 saturated heterocycles. The van der Waals surface area contributed by atoms with Crippen molar-refractivity contribution in [2.24, 2.45) is 0 Å². The summed E-state index contributed by atoms with van der Waals surface area (Å²) in [6, 6.07) is 11.0. The van der Waals surface area contributed by atoms with Gasteiger partial charge >= 0.3 is 203 Å². The molecule has 6 rings (SSSR count). The van der Waals surface area contributed by atoms with Gasteiger partial charge in [-0.1, -0.05) is 36.6 Å². The van der Waals surface area contributed by atoms with Crippen LogP contribution in [0.1, 0.15) is 63.0 Å². The fourth-order valence-electron chi connectivity index (χ4n) is 7.37. The maximum atomic E-state index is 14.1. The Hall–Kier alpha value is -2.04. The Morgan fingerprint density at radius 1 is 0.896 bits per heavy atom. The number of piperidine rings is 2. The van der Waals surface area contributed by atoms with Crippen LogP contribution in [-0.2, 0) is 11.2 Å². The van der Waals surface area contributed by atoms with E-state index in [1.807, 2.05) is 41.4 Å². The Bertz CT molecular complexity index is 1640. The van der Waals surface area contributed by atoms with Gasteiger partial charge in [-0.05, 0) is 38.1 Å². The molecule has 0 aliphatic carbocycles. The zero-order valence-corrected chi connectivity index (χ0v) is 32.8. The molecule has 0 saturated carbocycles. The molecule has 0 spiro atoms. The van der Waals surface area contributed by atoms with Gasteiger partial charge in [0, 0.05) is 16.8 Å². The van der Waals surface area contributed by atoms with Crippen molar-refractivity contribution in [3.05, 3.63) is 72.6 Å². The number of amides is 3. The number of benzene rings is 2. The molecule has 48 heavy (non-hydrogen) atoms. The minimum atomic E-state index is -0.687. The number of nitrogens with one attached hydrogen (secondary N) is 2. The quantitative estimate of drug-likeness (QED) is 0.301. The van der Waals surface area contributed by atoms with Gasteiger partial charge < -0.3 is 4.98 Å². The number of nitrogens with zero attached hydrogens (tertiary/aromatic N) is 4. The van der Waals surface area contributed by atoms with E-state index in [0.717, 1.165) is 50.4 Å². The van der Waals surface area contributed by atoms with Crippen LogP contribution in [-0.4, -0.2) is 104 Å². The number of imidazole rings is 1. The van der Waals surface area contributed by atoms with E-state index in [0.29, 0.717) is 62.2 Å². The summed E-state index contributed by atoms with van der Waals surface area (Å²) in [4.78, 5) is 50.0. The van der Waals surface area contributed by atoms with Crippen LogP contribution in [0.2, 0.25) is 5.02 Å². The standard InChI is InChI=1S/C35H42AsBr2ClN6O3/c36-32-28(37)18-23(19-29(32)38)20-30(33(46)43-14-8-26(9-15-43)42-12-3-1-2-4-13-42)40-34(47)44-16-10-27(11-17-44)45-22-31(41-35(45)48)24-6-5-7-25(39)21-24/h5-7,18-19,21-22,26-27,30H,1-4,8-17,20H2,(H,40,47)(H,41,48)/t30-/m1/s1. The molecule has 9 nitrogen and oxygen atoms in total. The molecule has 3 aliphatic rings. The maximum absolute atomic E-state index is 14.1. The second kappa shape index (κ2) is 16.3. The Kier molecular flexibility index (Phi) is 12.2. The summed E-state index contributed by atoms with van der Waals surface area (Å²) in [5.74, 6) is -0.0245. The van der Waals surface area contributed by atoms with E-state index >= 15 is 0 Å². The van der Waals surface area contributed by atoms with Crippen molar-refractivity contribution < 1.29 is 9.59 Å². The molecule has 3 aromatic rings. The molecular formula is C35H42AsBr2ClN6O3. The third-order valence-corrected chi connectivity index (χ3v) is 13.9. The fourth-order valence-corrected chi connectivity index (χ4v) is 9.12. The summed E-state index contributed by atoms with van der Waals surface area (Å²) in [6.45, 7) is 4.71. The van der Waals surface area contributed by atoms with Crippen molar-refractivity contribution >= 4 is 76.6 Å². The molecule has 3 aliphatic heterocycles. The van der Waals surface area contributed by atoms with Crippen LogP contribution >= 0.6 is 43.5 Å². The Labute approximate surface area is 312 Å². The summed E-state index contributed by atoms with van der Waals surface area (Å²) < 4.78 is 4.63. The normalized spacial score (nSPS) is 19.2. The predicted octanol–water partition coefficient (Wildman–Crippen LogP) is 5.64. The summed E-state index contributed by atoms with van der Waals surface area (Å²) >= 11 is 16.0. The van der Waals surface area contributed by atoms with E-state index in [4.69, 9.17) is 11.6 Å². The molecule has 1 atom stereocenters. The van der Waals surface area contributed by atoms with E-state index in [1.54, 1.807) is 15.5 Å². The minimum absolute atomic E-state index is 0.0245. The Balaban J connectivity index is 1.11. The average molecular weight is 865 g/mol. The molecule has 3 fully saturated rings. The van der Waals surface area contributed by atoms with Gasteiger partial charge in [-0.25, -0.2) is 4.79 Å². The van der Waals surface area contributed by atoms with Crippen molar-refractivity contribution in [2.45, 2.75) is 75.9 Å². The number of aromatic nitrogens is 2. The van der Waals surface area contributed by atoms with Crippen LogP contribution in [0.25, 0.3) is 11.3 Å². The third kappa shape index (κ3) is 8.63. The van der Waals surface area contributed by atoms with E-state index in [9.17, 15) is 14.4 Å². The molecule has 2 radical (unpaired) electrons. The SMILES string of the molecule is O=C(N[C@H](Cc1cc(Br)c([As])c(Br)c1)C(=O)N1CCC(N2CCCCCC2)CC1)N1CCC(n2cc(-c3cccc(Cl)c3)[nH]c2=O)CC1. The van der Waals surface area contributed by atoms with Gasteiger partial charge in [0.25, 0.3) is 0 Å². The fraction of sp³-hybridized carbons (Fsp3) is 0.514. The summed E-state index contributed by atoms with van der Waals surface area (Å²) in [5.41, 5.74) is 2.35. The van der Waals surface area contributed by atoms with E-state index in [1.165, 1.54) is 25.7 Å². The van der Waals surface area contributed by atoms with Crippen molar-refractivity contribution in [3.63, 3.8) is 0 Å². The molecular weight excluding hydrogens is 823 g/mol. The average Bonchev–Trinajstić information content (AvgIpc) is 3.28. The van der Waals surface area contributed by atoms with Gasteiger partial charge in [0.1, 0.15) is 0 Å². The molecule has 256 valence electrons. The second-order valence-corrected chi connectivity index (χ2v) is 16.3. The second-order valence-electron chi connectivity index (χ2n) is 13.2. The number of H-pyrrole nitrogens is 1. The van der Waals surface area contributed by atoms with Crippen LogP contribution in [0, 0.1) is 0 Å².